The lowest BCUT2D eigenvalue weighted by Crippen LogP contribution is -2.14. The molecule has 5 rings (SSSR count). The summed E-state index contributed by atoms with van der Waals surface area (Å²) in [4.78, 5) is 23.4. The smallest absolute Gasteiger partial charge is 0.234 e. The Labute approximate surface area is 187 Å². The Morgan fingerprint density at radius 3 is 2.74 bits per heavy atom. The topological polar surface area (TPSA) is 73.3 Å². The summed E-state index contributed by atoms with van der Waals surface area (Å²) in [5.74, 6) is 1.51. The van der Waals surface area contributed by atoms with Gasteiger partial charge >= 0.3 is 0 Å². The molecule has 0 saturated carbocycles. The van der Waals surface area contributed by atoms with E-state index in [1.165, 1.54) is 11.8 Å². The van der Waals surface area contributed by atoms with Gasteiger partial charge in [-0.3, -0.25) is 4.79 Å². The zero-order valence-corrected chi connectivity index (χ0v) is 18.2. The molecular formula is C23H19N3O3S2. The van der Waals surface area contributed by atoms with E-state index in [0.29, 0.717) is 30.4 Å². The van der Waals surface area contributed by atoms with E-state index in [0.717, 1.165) is 32.1 Å². The van der Waals surface area contributed by atoms with Crippen LogP contribution in [0.15, 0.2) is 66.0 Å². The van der Waals surface area contributed by atoms with Crippen LogP contribution in [0.5, 0.6) is 11.5 Å². The Balaban J connectivity index is 1.28. The van der Waals surface area contributed by atoms with E-state index in [2.05, 4.69) is 33.5 Å². The second kappa shape index (κ2) is 8.95. The first-order valence-electron chi connectivity index (χ1n) is 9.88. The van der Waals surface area contributed by atoms with E-state index in [-0.39, 0.29) is 11.7 Å². The highest BCUT2D eigenvalue weighted by Crippen LogP contribution is 2.36. The quantitative estimate of drug-likeness (QED) is 0.331. The average molecular weight is 450 g/mol. The molecule has 0 radical (unpaired) electrons. The normalized spacial score (nSPS) is 13.0. The maximum atomic E-state index is 12.5. The zero-order chi connectivity index (χ0) is 21.0. The molecule has 31 heavy (non-hydrogen) atoms. The van der Waals surface area contributed by atoms with E-state index in [1.54, 1.807) is 23.7 Å². The Kier molecular flexibility index (Phi) is 5.73. The average Bonchev–Trinajstić information content (AvgIpc) is 3.11. The van der Waals surface area contributed by atoms with Crippen molar-refractivity contribution in [3.05, 3.63) is 60.9 Å². The highest BCUT2D eigenvalue weighted by Gasteiger charge is 2.14. The molecular weight excluding hydrogens is 430 g/mol. The molecule has 0 fully saturated rings. The van der Waals surface area contributed by atoms with Gasteiger partial charge in [-0.15, -0.1) is 11.3 Å². The lowest BCUT2D eigenvalue weighted by Gasteiger charge is -2.10. The highest BCUT2D eigenvalue weighted by molar-refractivity contribution is 8.00. The lowest BCUT2D eigenvalue weighted by molar-refractivity contribution is -0.113. The van der Waals surface area contributed by atoms with E-state index < -0.39 is 0 Å². The van der Waals surface area contributed by atoms with Gasteiger partial charge in [0.15, 0.2) is 11.5 Å². The number of anilines is 1. The summed E-state index contributed by atoms with van der Waals surface area (Å²) in [6.07, 6.45) is 2.40. The summed E-state index contributed by atoms with van der Waals surface area (Å²) >= 11 is 3.03. The van der Waals surface area contributed by atoms with Crippen LogP contribution in [0.2, 0.25) is 0 Å². The van der Waals surface area contributed by atoms with Crippen molar-refractivity contribution in [1.29, 1.82) is 0 Å². The van der Waals surface area contributed by atoms with Gasteiger partial charge in [-0.1, -0.05) is 42.1 Å². The largest absolute Gasteiger partial charge is 0.490 e. The summed E-state index contributed by atoms with van der Waals surface area (Å²) in [6, 6.07) is 17.7. The number of hydrogen-bond acceptors (Lipinski definition) is 7. The molecule has 0 spiro atoms. The van der Waals surface area contributed by atoms with Crippen molar-refractivity contribution in [2.45, 2.75) is 11.4 Å². The molecule has 1 aliphatic heterocycles. The molecule has 1 N–H and O–H groups in total. The van der Waals surface area contributed by atoms with Crippen LogP contribution in [0.4, 0.5) is 5.69 Å². The number of nitrogens with zero attached hydrogens (tertiary/aromatic N) is 2. The molecule has 8 heteroatoms. The van der Waals surface area contributed by atoms with Crippen LogP contribution in [0.1, 0.15) is 6.42 Å². The summed E-state index contributed by atoms with van der Waals surface area (Å²) in [6.45, 7) is 1.24. The van der Waals surface area contributed by atoms with Crippen molar-refractivity contribution in [2.24, 2.45) is 0 Å². The SMILES string of the molecule is O=C(CSc1ncnc2sc(-c3ccccc3)cc12)Nc1ccc2c(c1)OCCCO2. The Bertz CT molecular complexity index is 1230. The minimum Gasteiger partial charge on any atom is -0.490 e. The fourth-order valence-corrected chi connectivity index (χ4v) is 5.11. The summed E-state index contributed by atoms with van der Waals surface area (Å²) < 4.78 is 11.3. The molecule has 1 aliphatic rings. The van der Waals surface area contributed by atoms with Gasteiger partial charge in [-0.25, -0.2) is 9.97 Å². The monoisotopic (exact) mass is 449 g/mol. The minimum absolute atomic E-state index is 0.107. The summed E-state index contributed by atoms with van der Waals surface area (Å²) in [5.41, 5.74) is 1.83. The van der Waals surface area contributed by atoms with Crippen LogP contribution in [0, 0.1) is 0 Å². The Morgan fingerprint density at radius 1 is 1.03 bits per heavy atom. The van der Waals surface area contributed by atoms with Crippen LogP contribution in [0.3, 0.4) is 0 Å². The van der Waals surface area contributed by atoms with Crippen LogP contribution in [-0.4, -0.2) is 34.8 Å². The molecule has 2 aromatic heterocycles. The highest BCUT2D eigenvalue weighted by atomic mass is 32.2. The number of fused-ring (bicyclic) bond motifs is 2. The third kappa shape index (κ3) is 4.50. The minimum atomic E-state index is -0.107. The first-order chi connectivity index (χ1) is 15.3. The molecule has 0 atom stereocenters. The Morgan fingerprint density at radius 2 is 1.87 bits per heavy atom. The molecule has 1 amide bonds. The fraction of sp³-hybridized carbons (Fsp3) is 0.174. The van der Waals surface area contributed by atoms with Crippen molar-refractivity contribution in [2.75, 3.05) is 24.3 Å². The number of thioether (sulfide) groups is 1. The van der Waals surface area contributed by atoms with E-state index in [9.17, 15) is 4.79 Å². The number of amides is 1. The van der Waals surface area contributed by atoms with Gasteiger partial charge in [0, 0.05) is 28.4 Å². The molecule has 2 aromatic carbocycles. The number of thiophene rings is 1. The van der Waals surface area contributed by atoms with E-state index in [1.807, 2.05) is 30.3 Å². The van der Waals surface area contributed by atoms with Crippen molar-refractivity contribution in [3.63, 3.8) is 0 Å². The van der Waals surface area contributed by atoms with E-state index in [4.69, 9.17) is 9.47 Å². The first-order valence-corrected chi connectivity index (χ1v) is 11.7. The predicted octanol–water partition coefficient (Wildman–Crippen LogP) is 5.25. The maximum Gasteiger partial charge on any atom is 0.234 e. The van der Waals surface area contributed by atoms with Gasteiger partial charge in [0.2, 0.25) is 5.91 Å². The third-order valence-corrected chi connectivity index (χ3v) is 6.82. The Hall–Kier alpha value is -3.10. The van der Waals surface area contributed by atoms with Crippen LogP contribution < -0.4 is 14.8 Å². The van der Waals surface area contributed by atoms with Gasteiger partial charge in [0.1, 0.15) is 16.2 Å². The molecule has 3 heterocycles. The summed E-state index contributed by atoms with van der Waals surface area (Å²) in [7, 11) is 0. The first kappa shape index (κ1) is 19.8. The van der Waals surface area contributed by atoms with Gasteiger partial charge in [-0.2, -0.15) is 0 Å². The maximum absolute atomic E-state index is 12.5. The zero-order valence-electron chi connectivity index (χ0n) is 16.5. The third-order valence-electron chi connectivity index (χ3n) is 4.72. The number of carbonyl (C=O) groups excluding carboxylic acids is 1. The number of rotatable bonds is 5. The van der Waals surface area contributed by atoms with Crippen LogP contribution in [-0.2, 0) is 4.79 Å². The molecule has 0 bridgehead atoms. The fourth-order valence-electron chi connectivity index (χ4n) is 3.27. The molecule has 0 aliphatic carbocycles. The molecule has 0 saturated heterocycles. The van der Waals surface area contributed by atoms with E-state index >= 15 is 0 Å². The molecule has 0 unspecified atom stereocenters. The van der Waals surface area contributed by atoms with Crippen molar-refractivity contribution in [3.8, 4) is 21.9 Å². The number of benzene rings is 2. The predicted molar refractivity (Wildman–Crippen MR) is 124 cm³/mol. The second-order valence-electron chi connectivity index (χ2n) is 6.92. The van der Waals surface area contributed by atoms with Gasteiger partial charge in [-0.05, 0) is 23.8 Å². The van der Waals surface area contributed by atoms with Crippen molar-refractivity contribution < 1.29 is 14.3 Å². The number of hydrogen-bond donors (Lipinski definition) is 1. The lowest BCUT2D eigenvalue weighted by atomic mass is 10.2. The van der Waals surface area contributed by atoms with Crippen molar-refractivity contribution in [1.82, 2.24) is 9.97 Å². The van der Waals surface area contributed by atoms with Gasteiger partial charge < -0.3 is 14.8 Å². The number of ether oxygens (including phenoxy) is 2. The van der Waals surface area contributed by atoms with Crippen molar-refractivity contribution >= 4 is 44.9 Å². The van der Waals surface area contributed by atoms with Gasteiger partial charge in [0.05, 0.1) is 19.0 Å². The van der Waals surface area contributed by atoms with Crippen LogP contribution >= 0.6 is 23.1 Å². The van der Waals surface area contributed by atoms with Gasteiger partial charge in [0.25, 0.3) is 0 Å². The van der Waals surface area contributed by atoms with Crippen LogP contribution in [0.25, 0.3) is 20.7 Å². The number of carbonyl (C=O) groups is 1. The summed E-state index contributed by atoms with van der Waals surface area (Å²) in [5, 5.41) is 4.70. The molecule has 156 valence electrons. The molecule has 6 nitrogen and oxygen atoms in total. The molecule has 4 aromatic rings. The number of nitrogens with one attached hydrogen (secondary N) is 1. The second-order valence-corrected chi connectivity index (χ2v) is 8.92. The number of aromatic nitrogens is 2. The standard InChI is InChI=1S/C23H19N3O3S2/c27-21(26-16-7-8-18-19(11-16)29-10-4-9-28-18)13-30-22-17-12-20(15-5-2-1-3-6-15)31-23(17)25-14-24-22/h1-3,5-8,11-12,14H,4,9-10,13H2,(H,26,27).